The van der Waals surface area contributed by atoms with Crippen molar-refractivity contribution in [3.8, 4) is 0 Å². The van der Waals surface area contributed by atoms with Gasteiger partial charge in [0.05, 0.1) is 9.52 Å². The van der Waals surface area contributed by atoms with Crippen molar-refractivity contribution in [1.82, 2.24) is 0 Å². The Bertz CT molecular complexity index is 116. The Labute approximate surface area is 90.2 Å². The Morgan fingerprint density at radius 3 is 2.07 bits per heavy atom. The van der Waals surface area contributed by atoms with E-state index < -0.39 is 0 Å². The summed E-state index contributed by atoms with van der Waals surface area (Å²) in [4.78, 5) is 0. The number of nitrogens with two attached hydrogens (primary N) is 1. The second-order valence-corrected chi connectivity index (χ2v) is 6.00. The van der Waals surface area contributed by atoms with E-state index in [-0.39, 0.29) is 14.9 Å². The van der Waals surface area contributed by atoms with Gasteiger partial charge >= 0.3 is 0 Å². The number of rotatable bonds is 9. The summed E-state index contributed by atoms with van der Waals surface area (Å²) in [5.74, 6) is 0. The number of ether oxygens (including phenoxy) is 2. The van der Waals surface area contributed by atoms with Crippen LogP contribution in [0.4, 0.5) is 0 Å². The molecule has 3 nitrogen and oxygen atoms in total. The molecule has 0 aromatic carbocycles. The van der Waals surface area contributed by atoms with Gasteiger partial charge < -0.3 is 15.2 Å². The van der Waals surface area contributed by atoms with E-state index in [4.69, 9.17) is 15.2 Å². The van der Waals surface area contributed by atoms with Gasteiger partial charge in [-0.3, -0.25) is 0 Å². The molecule has 0 rings (SSSR count). The van der Waals surface area contributed by atoms with Crippen LogP contribution in [-0.4, -0.2) is 34.7 Å². The van der Waals surface area contributed by atoms with Crippen LogP contribution in [0, 0.1) is 0 Å². The van der Waals surface area contributed by atoms with Gasteiger partial charge in [0.2, 0.25) is 0 Å². The second-order valence-electron chi connectivity index (χ2n) is 3.42. The minimum absolute atomic E-state index is 0.238. The highest BCUT2D eigenvalue weighted by atomic mass is 28.2. The fourth-order valence-electron chi connectivity index (χ4n) is 1.73. The van der Waals surface area contributed by atoms with Crippen molar-refractivity contribution < 1.29 is 9.47 Å². The first-order chi connectivity index (χ1) is 6.74. The molecule has 4 heteroatoms. The summed E-state index contributed by atoms with van der Waals surface area (Å²) in [5, 5.41) is 0. The lowest BCUT2D eigenvalue weighted by Crippen LogP contribution is -2.42. The Kier molecular flexibility index (Phi) is 8.47. The molecule has 14 heavy (non-hydrogen) atoms. The largest absolute Gasteiger partial charge is 0.355 e. The molecule has 0 aromatic rings. The minimum Gasteiger partial charge on any atom is -0.355 e. The Morgan fingerprint density at radius 1 is 1.14 bits per heavy atom. The molecule has 0 heterocycles. The van der Waals surface area contributed by atoms with Crippen molar-refractivity contribution in [1.29, 1.82) is 0 Å². The Hall–Kier alpha value is 0.0969. The topological polar surface area (TPSA) is 44.5 Å². The van der Waals surface area contributed by atoms with Crippen molar-refractivity contribution in [2.75, 3.05) is 19.8 Å². The van der Waals surface area contributed by atoms with Crippen LogP contribution in [0.2, 0.25) is 6.04 Å². The van der Waals surface area contributed by atoms with Gasteiger partial charge in [0.25, 0.3) is 0 Å². The van der Waals surface area contributed by atoms with Gasteiger partial charge in [-0.1, -0.05) is 13.0 Å². The zero-order chi connectivity index (χ0) is 10.9. The summed E-state index contributed by atoms with van der Waals surface area (Å²) in [6, 6.07) is 1.21. The molecule has 0 radical (unpaired) electrons. The maximum Gasteiger partial charge on any atom is 0.145 e. The summed E-state index contributed by atoms with van der Waals surface area (Å²) >= 11 is 0. The second kappa shape index (κ2) is 8.41. The zero-order valence-corrected chi connectivity index (χ0v) is 11.3. The molecule has 0 fully saturated rings. The lowest BCUT2D eigenvalue weighted by molar-refractivity contribution is -0.179. The van der Waals surface area contributed by atoms with Gasteiger partial charge in [-0.05, 0) is 33.2 Å². The molecule has 2 N–H and O–H groups in total. The van der Waals surface area contributed by atoms with Crippen LogP contribution in [0.1, 0.15) is 33.6 Å². The third-order valence-corrected chi connectivity index (χ3v) is 4.23. The summed E-state index contributed by atoms with van der Waals surface area (Å²) in [6.45, 7) is 8.46. The van der Waals surface area contributed by atoms with E-state index in [1.807, 2.05) is 13.8 Å². The first kappa shape index (κ1) is 14.1. The highest BCUT2D eigenvalue weighted by molar-refractivity contribution is 6.38. The highest BCUT2D eigenvalue weighted by Gasteiger charge is 2.29. The van der Waals surface area contributed by atoms with Gasteiger partial charge in [0.15, 0.2) is 0 Å². The maximum absolute atomic E-state index is 5.80. The van der Waals surface area contributed by atoms with Crippen LogP contribution in [0.15, 0.2) is 0 Å². The molecule has 0 aliphatic carbocycles. The summed E-state index contributed by atoms with van der Waals surface area (Å²) in [7, 11) is -0.313. The van der Waals surface area contributed by atoms with E-state index in [2.05, 4.69) is 6.92 Å². The van der Waals surface area contributed by atoms with Crippen LogP contribution in [-0.2, 0) is 9.47 Å². The van der Waals surface area contributed by atoms with Gasteiger partial charge in [-0.15, -0.1) is 0 Å². The molecule has 0 spiro atoms. The van der Waals surface area contributed by atoms with Crippen LogP contribution >= 0.6 is 0 Å². The smallest absolute Gasteiger partial charge is 0.145 e. The monoisotopic (exact) mass is 219 g/mol. The van der Waals surface area contributed by atoms with Gasteiger partial charge in [0.1, 0.15) is 5.41 Å². The quantitative estimate of drug-likeness (QED) is 0.466. The van der Waals surface area contributed by atoms with Crippen molar-refractivity contribution in [2.24, 2.45) is 5.73 Å². The van der Waals surface area contributed by atoms with Crippen molar-refractivity contribution >= 4 is 9.52 Å². The summed E-state index contributed by atoms with van der Waals surface area (Å²) in [6.07, 6.45) is 1.96. The molecule has 0 saturated heterocycles. The average Bonchev–Trinajstić information content (AvgIpc) is 2.16. The first-order valence-electron chi connectivity index (χ1n) is 5.72. The lowest BCUT2D eigenvalue weighted by atomic mass is 10.3. The van der Waals surface area contributed by atoms with Crippen LogP contribution < -0.4 is 5.73 Å². The Balaban J connectivity index is 4.21. The van der Waals surface area contributed by atoms with E-state index in [9.17, 15) is 0 Å². The third-order valence-electron chi connectivity index (χ3n) is 2.21. The lowest BCUT2D eigenvalue weighted by Gasteiger charge is -2.33. The van der Waals surface area contributed by atoms with Crippen molar-refractivity contribution in [3.63, 3.8) is 0 Å². The highest BCUT2D eigenvalue weighted by Crippen LogP contribution is 2.20. The van der Waals surface area contributed by atoms with Crippen molar-refractivity contribution in [2.45, 2.75) is 45.1 Å². The Morgan fingerprint density at radius 2 is 1.71 bits per heavy atom. The van der Waals surface area contributed by atoms with E-state index in [1.165, 1.54) is 6.04 Å². The summed E-state index contributed by atoms with van der Waals surface area (Å²) in [5.41, 5.74) is 5.29. The molecule has 0 atom stereocenters. The summed E-state index contributed by atoms with van der Waals surface area (Å²) < 4.78 is 11.6. The van der Waals surface area contributed by atoms with Crippen molar-refractivity contribution in [3.05, 3.63) is 0 Å². The van der Waals surface area contributed by atoms with Crippen LogP contribution in [0.25, 0.3) is 0 Å². The van der Waals surface area contributed by atoms with Gasteiger partial charge in [0, 0.05) is 13.2 Å². The molecule has 0 aromatic heterocycles. The fourth-order valence-corrected chi connectivity index (χ4v) is 3.69. The predicted octanol–water partition coefficient (Wildman–Crippen LogP) is 1.06. The van der Waals surface area contributed by atoms with Gasteiger partial charge in [-0.25, -0.2) is 0 Å². The van der Waals surface area contributed by atoms with Gasteiger partial charge in [-0.2, -0.15) is 0 Å². The van der Waals surface area contributed by atoms with E-state index >= 15 is 0 Å². The molecule has 0 aliphatic rings. The normalized spacial score (nSPS) is 12.9. The van der Waals surface area contributed by atoms with E-state index in [1.54, 1.807) is 0 Å². The fraction of sp³-hybridized carbons (Fsp3) is 1.00. The molecule has 0 unspecified atom stereocenters. The van der Waals surface area contributed by atoms with Crippen LogP contribution in [0.5, 0.6) is 0 Å². The standard InChI is InChI=1S/C10H25NO2Si/c1-4-12-10(13-5-2,14-6-3)8-7-9-11/h4-9,11,14H2,1-3H3. The zero-order valence-electron chi connectivity index (χ0n) is 9.84. The van der Waals surface area contributed by atoms with Crippen LogP contribution in [0.3, 0.4) is 0 Å². The molecule has 0 bridgehead atoms. The molecule has 0 aliphatic heterocycles. The first-order valence-corrected chi connectivity index (χ1v) is 7.43. The molecule has 86 valence electrons. The SMILES string of the molecule is CCOC(CCCN)(OCC)[SiH2]CC. The van der Waals surface area contributed by atoms with E-state index in [0.29, 0.717) is 0 Å². The predicted molar refractivity (Wildman–Crippen MR) is 63.3 cm³/mol. The average molecular weight is 219 g/mol. The minimum atomic E-state index is -0.313. The molecule has 0 amide bonds. The molecular formula is C10H25NO2Si. The van der Waals surface area contributed by atoms with E-state index in [0.717, 1.165) is 32.6 Å². The molecule has 0 saturated carbocycles. The maximum atomic E-state index is 5.80. The number of hydrogen-bond donors (Lipinski definition) is 1. The number of hydrogen-bond acceptors (Lipinski definition) is 3. The molecular weight excluding hydrogens is 194 g/mol. The third kappa shape index (κ3) is 5.10.